The van der Waals surface area contributed by atoms with Gasteiger partial charge in [-0.15, -0.1) is 11.3 Å². The Kier molecular flexibility index (Phi) is 4.53. The van der Waals surface area contributed by atoms with Gasteiger partial charge in [0, 0.05) is 4.88 Å². The summed E-state index contributed by atoms with van der Waals surface area (Å²) < 4.78 is 0. The van der Waals surface area contributed by atoms with Crippen molar-refractivity contribution in [3.63, 3.8) is 0 Å². The summed E-state index contributed by atoms with van der Waals surface area (Å²) in [7, 11) is 0. The minimum atomic E-state index is 0.00895. The molecule has 1 aromatic heterocycles. The molecule has 3 nitrogen and oxygen atoms in total. The monoisotopic (exact) mass is 328 g/mol. The first kappa shape index (κ1) is 16.2. The molecule has 0 unspecified atom stereocenters. The smallest absolute Gasteiger partial charge is 0.230 e. The minimum Gasteiger partial charge on any atom is -0.302 e. The van der Waals surface area contributed by atoms with Crippen molar-refractivity contribution in [1.82, 2.24) is 4.98 Å². The van der Waals surface area contributed by atoms with E-state index in [0.29, 0.717) is 17.8 Å². The number of benzene rings is 1. The lowest BCUT2D eigenvalue weighted by atomic mass is 9.73. The molecule has 0 saturated heterocycles. The van der Waals surface area contributed by atoms with Gasteiger partial charge in [-0.25, -0.2) is 4.98 Å². The number of amides is 1. The van der Waals surface area contributed by atoms with Gasteiger partial charge < -0.3 is 5.32 Å². The molecule has 1 aromatic carbocycles. The van der Waals surface area contributed by atoms with Gasteiger partial charge >= 0.3 is 0 Å². The lowest BCUT2D eigenvalue weighted by Gasteiger charge is -2.33. The van der Waals surface area contributed by atoms with E-state index in [4.69, 9.17) is 0 Å². The number of aromatic nitrogens is 1. The summed E-state index contributed by atoms with van der Waals surface area (Å²) in [6.07, 6.45) is 3.71. The van der Waals surface area contributed by atoms with Gasteiger partial charge in [0.1, 0.15) is 0 Å². The SMILES string of the molecule is CC(C)(C)[C@@H]1CCc2nc(NC(=O)Cc3ccccc3)sc2C1. The van der Waals surface area contributed by atoms with Crippen LogP contribution in [0.1, 0.15) is 43.3 Å². The van der Waals surface area contributed by atoms with E-state index in [1.165, 1.54) is 17.0 Å². The fraction of sp³-hybridized carbons (Fsp3) is 0.474. The number of nitrogens with zero attached hydrogens (tertiary/aromatic N) is 1. The average Bonchev–Trinajstić information content (AvgIpc) is 2.88. The third kappa shape index (κ3) is 3.99. The zero-order valence-corrected chi connectivity index (χ0v) is 14.9. The van der Waals surface area contributed by atoms with E-state index in [-0.39, 0.29) is 5.91 Å². The molecule has 0 spiro atoms. The zero-order valence-electron chi connectivity index (χ0n) is 14.1. The van der Waals surface area contributed by atoms with Crippen molar-refractivity contribution in [3.05, 3.63) is 46.5 Å². The lowest BCUT2D eigenvalue weighted by Crippen LogP contribution is -2.26. The number of nitrogens with one attached hydrogen (secondary N) is 1. The van der Waals surface area contributed by atoms with Crippen LogP contribution in [0.15, 0.2) is 30.3 Å². The average molecular weight is 328 g/mol. The van der Waals surface area contributed by atoms with E-state index < -0.39 is 0 Å². The van der Waals surface area contributed by atoms with E-state index in [1.807, 2.05) is 30.3 Å². The molecule has 3 rings (SSSR count). The van der Waals surface area contributed by atoms with Gasteiger partial charge in [-0.2, -0.15) is 0 Å². The van der Waals surface area contributed by atoms with Crippen LogP contribution in [0.2, 0.25) is 0 Å². The van der Waals surface area contributed by atoms with Crippen LogP contribution in [0.4, 0.5) is 5.13 Å². The summed E-state index contributed by atoms with van der Waals surface area (Å²) >= 11 is 1.65. The first-order chi connectivity index (χ1) is 10.9. The quantitative estimate of drug-likeness (QED) is 0.903. The van der Waals surface area contributed by atoms with Crippen molar-refractivity contribution in [2.24, 2.45) is 11.3 Å². The molecule has 1 N–H and O–H groups in total. The highest BCUT2D eigenvalue weighted by Crippen LogP contribution is 2.40. The van der Waals surface area contributed by atoms with Crippen molar-refractivity contribution in [3.8, 4) is 0 Å². The molecule has 1 aliphatic carbocycles. The first-order valence-corrected chi connectivity index (χ1v) is 9.06. The third-order valence-electron chi connectivity index (χ3n) is 4.62. The van der Waals surface area contributed by atoms with Crippen LogP contribution in [-0.4, -0.2) is 10.9 Å². The van der Waals surface area contributed by atoms with Crippen LogP contribution in [0.3, 0.4) is 0 Å². The molecule has 122 valence electrons. The predicted octanol–water partition coefficient (Wildman–Crippen LogP) is 4.48. The second-order valence-corrected chi connectivity index (χ2v) is 8.49. The molecule has 1 heterocycles. The molecule has 0 aliphatic heterocycles. The molecule has 0 fully saturated rings. The Morgan fingerprint density at radius 2 is 2.04 bits per heavy atom. The van der Waals surface area contributed by atoms with E-state index in [9.17, 15) is 4.79 Å². The molecule has 1 atom stereocenters. The van der Waals surface area contributed by atoms with E-state index in [0.717, 1.165) is 23.5 Å². The van der Waals surface area contributed by atoms with E-state index in [1.54, 1.807) is 11.3 Å². The molecular formula is C19H24N2OS. The molecule has 1 amide bonds. The Bertz CT molecular complexity index is 685. The fourth-order valence-corrected chi connectivity index (χ4v) is 4.22. The van der Waals surface area contributed by atoms with Gasteiger partial charge in [0.05, 0.1) is 12.1 Å². The minimum absolute atomic E-state index is 0.00895. The number of hydrogen-bond acceptors (Lipinski definition) is 3. The number of hydrogen-bond donors (Lipinski definition) is 1. The predicted molar refractivity (Wildman–Crippen MR) is 95.9 cm³/mol. The number of aryl methyl sites for hydroxylation is 1. The van der Waals surface area contributed by atoms with Crippen molar-refractivity contribution < 1.29 is 4.79 Å². The van der Waals surface area contributed by atoms with Crippen LogP contribution < -0.4 is 5.32 Å². The van der Waals surface area contributed by atoms with Gasteiger partial charge in [-0.3, -0.25) is 4.79 Å². The highest BCUT2D eigenvalue weighted by atomic mass is 32.1. The van der Waals surface area contributed by atoms with Crippen molar-refractivity contribution in [2.75, 3.05) is 5.32 Å². The summed E-state index contributed by atoms with van der Waals surface area (Å²) in [6.45, 7) is 6.94. The third-order valence-corrected chi connectivity index (χ3v) is 5.65. The Hall–Kier alpha value is -1.68. The van der Waals surface area contributed by atoms with E-state index in [2.05, 4.69) is 31.1 Å². The van der Waals surface area contributed by atoms with Crippen molar-refractivity contribution in [1.29, 1.82) is 0 Å². The number of anilines is 1. The van der Waals surface area contributed by atoms with Crippen molar-refractivity contribution >= 4 is 22.4 Å². The summed E-state index contributed by atoms with van der Waals surface area (Å²) in [5.41, 5.74) is 2.54. The molecule has 0 radical (unpaired) electrons. The molecule has 0 saturated carbocycles. The van der Waals surface area contributed by atoms with Crippen LogP contribution in [0.25, 0.3) is 0 Å². The van der Waals surface area contributed by atoms with Gasteiger partial charge in [0.15, 0.2) is 5.13 Å². The zero-order chi connectivity index (χ0) is 16.4. The number of rotatable bonds is 3. The highest BCUT2D eigenvalue weighted by molar-refractivity contribution is 7.15. The van der Waals surface area contributed by atoms with Gasteiger partial charge in [0.2, 0.25) is 5.91 Å². The number of fused-ring (bicyclic) bond motifs is 1. The van der Waals surface area contributed by atoms with Crippen molar-refractivity contribution in [2.45, 2.75) is 46.5 Å². The molecule has 23 heavy (non-hydrogen) atoms. The maximum absolute atomic E-state index is 12.2. The van der Waals surface area contributed by atoms with Gasteiger partial charge in [-0.1, -0.05) is 51.1 Å². The van der Waals surface area contributed by atoms with Crippen LogP contribution in [0.5, 0.6) is 0 Å². The van der Waals surface area contributed by atoms with Crippen LogP contribution in [0, 0.1) is 11.3 Å². The summed E-state index contributed by atoms with van der Waals surface area (Å²) in [4.78, 5) is 18.2. The lowest BCUT2D eigenvalue weighted by molar-refractivity contribution is -0.115. The van der Waals surface area contributed by atoms with Crippen LogP contribution in [-0.2, 0) is 24.1 Å². The molecule has 2 aromatic rings. The Morgan fingerprint density at radius 1 is 1.30 bits per heavy atom. The maximum atomic E-state index is 12.2. The normalized spacial score (nSPS) is 17.6. The van der Waals surface area contributed by atoms with E-state index >= 15 is 0 Å². The summed E-state index contributed by atoms with van der Waals surface area (Å²) in [6, 6.07) is 9.82. The number of carbonyl (C=O) groups excluding carboxylic acids is 1. The number of carbonyl (C=O) groups is 1. The number of thiazole rings is 1. The molecule has 0 bridgehead atoms. The fourth-order valence-electron chi connectivity index (χ4n) is 3.11. The second kappa shape index (κ2) is 6.44. The Labute approximate surface area is 142 Å². The van der Waals surface area contributed by atoms with Crippen LogP contribution >= 0.6 is 11.3 Å². The topological polar surface area (TPSA) is 42.0 Å². The van der Waals surface area contributed by atoms with Gasteiger partial charge in [0.25, 0.3) is 0 Å². The summed E-state index contributed by atoms with van der Waals surface area (Å²) in [5, 5.41) is 3.72. The first-order valence-electron chi connectivity index (χ1n) is 8.24. The standard InChI is InChI=1S/C19H24N2OS/c1-19(2,3)14-9-10-15-16(12-14)23-18(20-15)21-17(22)11-13-7-5-4-6-8-13/h4-8,14H,9-12H2,1-3H3,(H,20,21,22)/t14-/m1/s1. The van der Waals surface area contributed by atoms with Gasteiger partial charge in [-0.05, 0) is 36.2 Å². The Morgan fingerprint density at radius 3 is 2.74 bits per heavy atom. The second-order valence-electron chi connectivity index (χ2n) is 7.41. The highest BCUT2D eigenvalue weighted by Gasteiger charge is 2.30. The molecule has 4 heteroatoms. The molecule has 1 aliphatic rings. The maximum Gasteiger partial charge on any atom is 0.230 e. The molecular weight excluding hydrogens is 304 g/mol. The Balaban J connectivity index is 1.65. The summed E-state index contributed by atoms with van der Waals surface area (Å²) in [5.74, 6) is 0.706. The largest absolute Gasteiger partial charge is 0.302 e.